The summed E-state index contributed by atoms with van der Waals surface area (Å²) >= 11 is 0. The highest BCUT2D eigenvalue weighted by Crippen LogP contribution is 2.27. The number of hydrogen-bond acceptors (Lipinski definition) is 5. The zero-order valence-electron chi connectivity index (χ0n) is 20.6. The van der Waals surface area contributed by atoms with Crippen LogP contribution in [0.5, 0.6) is 11.5 Å². The molecular weight excluding hydrogens is 428 g/mol. The molecular formula is C28H38N2O4. The first-order chi connectivity index (χ1) is 16.7. The lowest BCUT2D eigenvalue weighted by Gasteiger charge is -2.38. The first kappa shape index (κ1) is 24.6. The van der Waals surface area contributed by atoms with Crippen LogP contribution in [-0.4, -0.2) is 68.3 Å². The molecule has 0 aromatic heterocycles. The smallest absolute Gasteiger partial charge is 0.254 e. The molecule has 0 spiro atoms. The van der Waals surface area contributed by atoms with E-state index in [0.717, 1.165) is 69.9 Å². The van der Waals surface area contributed by atoms with Crippen LogP contribution in [0.15, 0.2) is 48.5 Å². The van der Waals surface area contributed by atoms with Gasteiger partial charge in [-0.2, -0.15) is 0 Å². The molecule has 0 aliphatic carbocycles. The van der Waals surface area contributed by atoms with Crippen molar-refractivity contribution < 1.29 is 19.0 Å². The quantitative estimate of drug-likeness (QED) is 0.643. The van der Waals surface area contributed by atoms with E-state index in [2.05, 4.69) is 17.0 Å². The van der Waals surface area contributed by atoms with Gasteiger partial charge < -0.3 is 19.1 Å². The summed E-state index contributed by atoms with van der Waals surface area (Å²) < 4.78 is 17.8. The van der Waals surface area contributed by atoms with E-state index in [9.17, 15) is 4.79 Å². The Labute approximate surface area is 203 Å². The first-order valence-corrected chi connectivity index (χ1v) is 12.7. The van der Waals surface area contributed by atoms with Gasteiger partial charge >= 0.3 is 0 Å². The minimum Gasteiger partial charge on any atom is -0.494 e. The molecule has 34 heavy (non-hydrogen) atoms. The molecule has 0 unspecified atom stereocenters. The maximum atomic E-state index is 13.2. The number of fused-ring (bicyclic) bond motifs is 4. The Bertz CT molecular complexity index is 934. The molecule has 4 bridgehead atoms. The van der Waals surface area contributed by atoms with Crippen LogP contribution >= 0.6 is 0 Å². The van der Waals surface area contributed by atoms with Crippen LogP contribution in [-0.2, 0) is 11.3 Å². The van der Waals surface area contributed by atoms with Crippen molar-refractivity contribution in [3.63, 3.8) is 0 Å². The molecule has 2 heterocycles. The third-order valence-electron chi connectivity index (χ3n) is 6.98. The van der Waals surface area contributed by atoms with Crippen molar-refractivity contribution in [2.45, 2.75) is 45.3 Å². The van der Waals surface area contributed by atoms with Crippen molar-refractivity contribution in [1.82, 2.24) is 9.80 Å². The van der Waals surface area contributed by atoms with Gasteiger partial charge in [0, 0.05) is 50.3 Å². The number of carbonyl (C=O) groups is 1. The molecule has 0 radical (unpaired) electrons. The second-order valence-electron chi connectivity index (χ2n) is 9.26. The minimum absolute atomic E-state index is 0.0917. The number of para-hydroxylation sites is 1. The maximum absolute atomic E-state index is 13.2. The number of hydrogen-bond donors (Lipinski definition) is 0. The second kappa shape index (κ2) is 12.2. The number of methoxy groups -OCH3 is 1. The third-order valence-corrected chi connectivity index (χ3v) is 6.98. The number of piperidine rings is 1. The van der Waals surface area contributed by atoms with Crippen LogP contribution in [0.25, 0.3) is 0 Å². The van der Waals surface area contributed by atoms with Gasteiger partial charge in [-0.25, -0.2) is 0 Å². The summed E-state index contributed by atoms with van der Waals surface area (Å²) in [4.78, 5) is 17.7. The van der Waals surface area contributed by atoms with Crippen LogP contribution < -0.4 is 9.47 Å². The van der Waals surface area contributed by atoms with E-state index in [0.29, 0.717) is 24.7 Å². The normalized spacial score (nSPS) is 22.4. The summed E-state index contributed by atoms with van der Waals surface area (Å²) in [6.07, 6.45) is 4.41. The van der Waals surface area contributed by atoms with Gasteiger partial charge in [-0.3, -0.25) is 9.69 Å². The molecule has 6 nitrogen and oxygen atoms in total. The number of amides is 1. The Hall–Kier alpha value is -2.57. The van der Waals surface area contributed by atoms with Crippen LogP contribution in [0.1, 0.15) is 48.5 Å². The van der Waals surface area contributed by atoms with Crippen molar-refractivity contribution in [3.05, 3.63) is 59.7 Å². The largest absolute Gasteiger partial charge is 0.494 e. The number of rotatable bonds is 5. The molecule has 2 aliphatic heterocycles. The Kier molecular flexibility index (Phi) is 8.83. The minimum atomic E-state index is 0.0917. The lowest BCUT2D eigenvalue weighted by Crippen LogP contribution is -2.46. The summed E-state index contributed by atoms with van der Waals surface area (Å²) in [7, 11) is 1.80. The summed E-state index contributed by atoms with van der Waals surface area (Å²) in [5.41, 5.74) is 1.90. The SMILES string of the molecule is CCOc1ccccc1CN1CCCC[C@H]2CN(CC[C@H]2OC)C(=O)c2cccc(c2)OCC1. The lowest BCUT2D eigenvalue weighted by atomic mass is 9.89. The van der Waals surface area contributed by atoms with Crippen molar-refractivity contribution in [2.24, 2.45) is 5.92 Å². The molecule has 1 amide bonds. The van der Waals surface area contributed by atoms with E-state index >= 15 is 0 Å². The first-order valence-electron chi connectivity index (χ1n) is 12.7. The molecule has 184 valence electrons. The van der Waals surface area contributed by atoms with Gasteiger partial charge in [0.1, 0.15) is 18.1 Å². The maximum Gasteiger partial charge on any atom is 0.254 e. The third kappa shape index (κ3) is 6.30. The molecule has 0 saturated carbocycles. The Balaban J connectivity index is 1.51. The van der Waals surface area contributed by atoms with E-state index < -0.39 is 0 Å². The van der Waals surface area contributed by atoms with Crippen molar-refractivity contribution in [1.29, 1.82) is 0 Å². The summed E-state index contributed by atoms with van der Waals surface area (Å²) in [5.74, 6) is 2.17. The van der Waals surface area contributed by atoms with Crippen LogP contribution in [0.4, 0.5) is 0 Å². The zero-order chi connectivity index (χ0) is 23.8. The van der Waals surface area contributed by atoms with Crippen LogP contribution in [0.3, 0.4) is 0 Å². The van der Waals surface area contributed by atoms with Crippen LogP contribution in [0, 0.1) is 5.92 Å². The highest BCUT2D eigenvalue weighted by atomic mass is 16.5. The number of benzene rings is 2. The number of carbonyl (C=O) groups excluding carboxylic acids is 1. The van der Waals surface area contributed by atoms with Gasteiger partial charge in [0.25, 0.3) is 5.91 Å². The Morgan fingerprint density at radius 3 is 2.76 bits per heavy atom. The summed E-state index contributed by atoms with van der Waals surface area (Å²) in [5, 5.41) is 0. The Morgan fingerprint density at radius 1 is 1.03 bits per heavy atom. The standard InChI is InChI=1S/C28H38N2O4/c1-3-33-27-13-5-4-9-23(27)20-29-15-7-6-10-24-21-30(16-14-26(24)32-2)28(31)22-11-8-12-25(19-22)34-18-17-29/h4-5,8-9,11-13,19,24,26H,3,6-7,10,14-18,20-21H2,1-2H3/t24-,26+/m0/s1. The molecule has 1 fully saturated rings. The average molecular weight is 467 g/mol. The molecule has 2 atom stereocenters. The van der Waals surface area contributed by atoms with Crippen LogP contribution in [0.2, 0.25) is 0 Å². The highest BCUT2D eigenvalue weighted by molar-refractivity contribution is 5.94. The zero-order valence-corrected chi connectivity index (χ0v) is 20.6. The highest BCUT2D eigenvalue weighted by Gasteiger charge is 2.31. The molecule has 2 aromatic rings. The van der Waals surface area contributed by atoms with E-state index in [1.807, 2.05) is 48.2 Å². The molecule has 4 rings (SSSR count). The van der Waals surface area contributed by atoms with Gasteiger partial charge in [0.2, 0.25) is 0 Å². The van der Waals surface area contributed by atoms with Gasteiger partial charge in [0.05, 0.1) is 12.7 Å². The topological polar surface area (TPSA) is 51.2 Å². The van der Waals surface area contributed by atoms with Gasteiger partial charge in [-0.05, 0) is 57.0 Å². The fourth-order valence-corrected chi connectivity index (χ4v) is 5.16. The predicted molar refractivity (Wildman–Crippen MR) is 133 cm³/mol. The molecule has 6 heteroatoms. The number of ether oxygens (including phenoxy) is 3. The molecule has 1 saturated heterocycles. The fourth-order valence-electron chi connectivity index (χ4n) is 5.16. The van der Waals surface area contributed by atoms with E-state index in [1.165, 1.54) is 5.56 Å². The van der Waals surface area contributed by atoms with Gasteiger partial charge in [-0.1, -0.05) is 30.7 Å². The molecule has 0 N–H and O–H groups in total. The average Bonchev–Trinajstić information content (AvgIpc) is 2.87. The summed E-state index contributed by atoms with van der Waals surface area (Å²) in [6, 6.07) is 15.9. The Morgan fingerprint density at radius 2 is 1.91 bits per heavy atom. The fraction of sp³-hybridized carbons (Fsp3) is 0.536. The van der Waals surface area contributed by atoms with E-state index in [4.69, 9.17) is 14.2 Å². The van der Waals surface area contributed by atoms with E-state index in [1.54, 1.807) is 7.11 Å². The second-order valence-corrected chi connectivity index (χ2v) is 9.26. The lowest BCUT2D eigenvalue weighted by molar-refractivity contribution is -0.00677. The monoisotopic (exact) mass is 466 g/mol. The van der Waals surface area contributed by atoms with E-state index in [-0.39, 0.29) is 12.0 Å². The molecule has 2 aliphatic rings. The van der Waals surface area contributed by atoms with Crippen molar-refractivity contribution >= 4 is 5.91 Å². The predicted octanol–water partition coefficient (Wildman–Crippen LogP) is 4.63. The molecule has 2 aromatic carbocycles. The number of nitrogens with zero attached hydrogens (tertiary/aromatic N) is 2. The van der Waals surface area contributed by atoms with Gasteiger partial charge in [0.15, 0.2) is 0 Å². The van der Waals surface area contributed by atoms with Crippen molar-refractivity contribution in [3.8, 4) is 11.5 Å². The summed E-state index contributed by atoms with van der Waals surface area (Å²) in [6.45, 7) is 7.40. The van der Waals surface area contributed by atoms with Gasteiger partial charge in [-0.15, -0.1) is 0 Å². The van der Waals surface area contributed by atoms with Crippen molar-refractivity contribution in [2.75, 3.05) is 46.5 Å².